The minimum absolute atomic E-state index is 0.0138. The summed E-state index contributed by atoms with van der Waals surface area (Å²) in [5.41, 5.74) is 0.437. The van der Waals surface area contributed by atoms with Crippen molar-refractivity contribution in [3.8, 4) is 5.75 Å². The molecule has 0 heterocycles. The van der Waals surface area contributed by atoms with Crippen LogP contribution in [-0.4, -0.2) is 33.5 Å². The third kappa shape index (κ3) is 4.27. The van der Waals surface area contributed by atoms with Crippen LogP contribution in [0.1, 0.15) is 33.6 Å². The standard InChI is InChI=1S/C18H17NO6S/c1-24-17(20)12-5-9-15(10-6-12)25-18(21)13-3-2-4-16(11-13)26(22,23)19-14-7-8-14/h2-6,9-11,14,19H,7-8H2,1H3. The van der Waals surface area contributed by atoms with Gasteiger partial charge in [0.1, 0.15) is 5.75 Å². The molecule has 1 aliphatic rings. The maximum atomic E-state index is 12.3. The van der Waals surface area contributed by atoms with E-state index in [2.05, 4.69) is 9.46 Å². The minimum Gasteiger partial charge on any atom is -0.465 e. The molecule has 8 heteroatoms. The number of carbonyl (C=O) groups is 2. The Bertz CT molecular complexity index is 932. The molecule has 1 N–H and O–H groups in total. The van der Waals surface area contributed by atoms with Crippen LogP contribution in [0.2, 0.25) is 0 Å². The van der Waals surface area contributed by atoms with E-state index in [1.54, 1.807) is 0 Å². The van der Waals surface area contributed by atoms with Gasteiger partial charge in [-0.3, -0.25) is 0 Å². The highest BCUT2D eigenvalue weighted by atomic mass is 32.2. The van der Waals surface area contributed by atoms with E-state index >= 15 is 0 Å². The van der Waals surface area contributed by atoms with Gasteiger partial charge in [-0.1, -0.05) is 6.07 Å². The number of ether oxygens (including phenoxy) is 2. The van der Waals surface area contributed by atoms with E-state index in [1.165, 1.54) is 55.6 Å². The monoisotopic (exact) mass is 375 g/mol. The van der Waals surface area contributed by atoms with Gasteiger partial charge in [-0.2, -0.15) is 0 Å². The van der Waals surface area contributed by atoms with Crippen LogP contribution in [-0.2, 0) is 14.8 Å². The van der Waals surface area contributed by atoms with E-state index in [-0.39, 0.29) is 22.3 Å². The lowest BCUT2D eigenvalue weighted by atomic mass is 10.2. The average Bonchev–Trinajstić information content (AvgIpc) is 3.45. The third-order valence-electron chi connectivity index (χ3n) is 3.77. The van der Waals surface area contributed by atoms with Gasteiger partial charge in [0, 0.05) is 6.04 Å². The van der Waals surface area contributed by atoms with Gasteiger partial charge in [-0.05, 0) is 55.3 Å². The lowest BCUT2D eigenvalue weighted by Crippen LogP contribution is -2.26. The van der Waals surface area contributed by atoms with Crippen molar-refractivity contribution in [3.63, 3.8) is 0 Å². The van der Waals surface area contributed by atoms with Gasteiger partial charge in [0.05, 0.1) is 23.1 Å². The molecule has 0 radical (unpaired) electrons. The van der Waals surface area contributed by atoms with Gasteiger partial charge >= 0.3 is 11.9 Å². The second-order valence-corrected chi connectivity index (χ2v) is 7.54. The summed E-state index contributed by atoms with van der Waals surface area (Å²) < 4.78 is 36.9. The molecule has 0 saturated heterocycles. The van der Waals surface area contributed by atoms with Gasteiger partial charge in [0.2, 0.25) is 10.0 Å². The van der Waals surface area contributed by atoms with Gasteiger partial charge < -0.3 is 9.47 Å². The number of hydrogen-bond acceptors (Lipinski definition) is 6. The van der Waals surface area contributed by atoms with Crippen molar-refractivity contribution in [1.82, 2.24) is 4.72 Å². The second-order valence-electron chi connectivity index (χ2n) is 5.83. The molecule has 0 bridgehead atoms. The number of hydrogen-bond donors (Lipinski definition) is 1. The second kappa shape index (κ2) is 7.27. The van der Waals surface area contributed by atoms with Crippen LogP contribution in [0.4, 0.5) is 0 Å². The van der Waals surface area contributed by atoms with Gasteiger partial charge in [-0.15, -0.1) is 0 Å². The van der Waals surface area contributed by atoms with Crippen molar-refractivity contribution < 1.29 is 27.5 Å². The van der Waals surface area contributed by atoms with Crippen molar-refractivity contribution in [2.75, 3.05) is 7.11 Å². The Balaban J connectivity index is 1.73. The maximum absolute atomic E-state index is 12.3. The smallest absolute Gasteiger partial charge is 0.343 e. The fourth-order valence-corrected chi connectivity index (χ4v) is 3.57. The number of benzene rings is 2. The summed E-state index contributed by atoms with van der Waals surface area (Å²) in [5, 5.41) is 0. The summed E-state index contributed by atoms with van der Waals surface area (Å²) in [7, 11) is -2.38. The first-order valence-electron chi connectivity index (χ1n) is 7.92. The first kappa shape index (κ1) is 18.1. The molecule has 1 fully saturated rings. The van der Waals surface area contributed by atoms with E-state index in [0.717, 1.165) is 12.8 Å². The van der Waals surface area contributed by atoms with Crippen molar-refractivity contribution >= 4 is 22.0 Å². The number of sulfonamides is 1. The Hall–Kier alpha value is -2.71. The van der Waals surface area contributed by atoms with Crippen molar-refractivity contribution in [2.24, 2.45) is 0 Å². The predicted molar refractivity (Wildman–Crippen MR) is 92.5 cm³/mol. The molecule has 2 aromatic carbocycles. The predicted octanol–water partition coefficient (Wildman–Crippen LogP) is 2.13. The topological polar surface area (TPSA) is 98.8 Å². The zero-order valence-electron chi connectivity index (χ0n) is 14.0. The molecule has 1 saturated carbocycles. The van der Waals surface area contributed by atoms with Crippen LogP contribution in [0.15, 0.2) is 53.4 Å². The van der Waals surface area contributed by atoms with E-state index in [9.17, 15) is 18.0 Å². The number of methoxy groups -OCH3 is 1. The summed E-state index contributed by atoms with van der Waals surface area (Å²) in [5.74, 6) is -0.963. The zero-order chi connectivity index (χ0) is 18.7. The quantitative estimate of drug-likeness (QED) is 0.613. The molecule has 0 aliphatic heterocycles. The normalized spacial score (nSPS) is 13.9. The maximum Gasteiger partial charge on any atom is 0.343 e. The van der Waals surface area contributed by atoms with Crippen molar-refractivity contribution in [3.05, 3.63) is 59.7 Å². The highest BCUT2D eigenvalue weighted by Gasteiger charge is 2.28. The Labute approximate surface area is 151 Å². The molecule has 26 heavy (non-hydrogen) atoms. The SMILES string of the molecule is COC(=O)c1ccc(OC(=O)c2cccc(S(=O)(=O)NC3CC3)c2)cc1. The lowest BCUT2D eigenvalue weighted by Gasteiger charge is -2.08. The largest absolute Gasteiger partial charge is 0.465 e. The Morgan fingerprint density at radius 3 is 2.31 bits per heavy atom. The first-order valence-corrected chi connectivity index (χ1v) is 9.40. The molecular formula is C18H17NO6S. The molecule has 0 spiro atoms. The lowest BCUT2D eigenvalue weighted by molar-refractivity contribution is 0.0600. The van der Waals surface area contributed by atoms with Crippen molar-refractivity contribution in [2.45, 2.75) is 23.8 Å². The van der Waals surface area contributed by atoms with Gasteiger partial charge in [0.15, 0.2) is 0 Å². The molecule has 0 unspecified atom stereocenters. The van der Waals surface area contributed by atoms with Crippen molar-refractivity contribution in [1.29, 1.82) is 0 Å². The molecule has 0 amide bonds. The Kier molecular flexibility index (Phi) is 5.06. The molecule has 0 aromatic heterocycles. The molecular weight excluding hydrogens is 358 g/mol. The molecule has 0 atom stereocenters. The Morgan fingerprint density at radius 2 is 1.69 bits per heavy atom. The van der Waals surface area contributed by atoms with Crippen LogP contribution in [0.25, 0.3) is 0 Å². The minimum atomic E-state index is -3.65. The molecule has 2 aromatic rings. The summed E-state index contributed by atoms with van der Waals surface area (Å²) in [6.45, 7) is 0. The summed E-state index contributed by atoms with van der Waals surface area (Å²) >= 11 is 0. The van der Waals surface area contributed by atoms with E-state index in [4.69, 9.17) is 4.74 Å². The number of nitrogens with one attached hydrogen (secondary N) is 1. The van der Waals surface area contributed by atoms with Gasteiger partial charge in [0.25, 0.3) is 0 Å². The summed E-state index contributed by atoms with van der Waals surface area (Å²) in [6.07, 6.45) is 1.64. The fourth-order valence-electron chi connectivity index (χ4n) is 2.22. The highest BCUT2D eigenvalue weighted by molar-refractivity contribution is 7.89. The summed E-state index contributed by atoms with van der Waals surface area (Å²) in [4.78, 5) is 23.7. The third-order valence-corrected chi connectivity index (χ3v) is 5.28. The molecule has 7 nitrogen and oxygen atoms in total. The first-order chi connectivity index (χ1) is 12.4. The molecule has 136 valence electrons. The molecule has 1 aliphatic carbocycles. The number of rotatable bonds is 6. The number of esters is 2. The zero-order valence-corrected chi connectivity index (χ0v) is 14.8. The average molecular weight is 375 g/mol. The van der Waals surface area contributed by atoms with Crippen LogP contribution < -0.4 is 9.46 Å². The molecule has 3 rings (SSSR count). The van der Waals surface area contributed by atoms with Crippen LogP contribution in [0.5, 0.6) is 5.75 Å². The van der Waals surface area contributed by atoms with E-state index < -0.39 is 22.0 Å². The van der Waals surface area contributed by atoms with E-state index in [1.807, 2.05) is 0 Å². The van der Waals surface area contributed by atoms with Crippen LogP contribution >= 0.6 is 0 Å². The highest BCUT2D eigenvalue weighted by Crippen LogP contribution is 2.23. The van der Waals surface area contributed by atoms with E-state index in [0.29, 0.717) is 5.56 Å². The van der Waals surface area contributed by atoms with Crippen LogP contribution in [0.3, 0.4) is 0 Å². The number of carbonyl (C=O) groups excluding carboxylic acids is 2. The van der Waals surface area contributed by atoms with Crippen LogP contribution in [0, 0.1) is 0 Å². The summed E-state index contributed by atoms with van der Waals surface area (Å²) in [6, 6.07) is 11.5. The Morgan fingerprint density at radius 1 is 1.00 bits per heavy atom. The van der Waals surface area contributed by atoms with Gasteiger partial charge in [-0.25, -0.2) is 22.7 Å². The fraction of sp³-hybridized carbons (Fsp3) is 0.222.